The Labute approximate surface area is 111 Å². The van der Waals surface area contributed by atoms with Crippen molar-refractivity contribution >= 4 is 11.9 Å². The summed E-state index contributed by atoms with van der Waals surface area (Å²) in [5.41, 5.74) is -0.955. The van der Waals surface area contributed by atoms with Crippen LogP contribution in [0.2, 0.25) is 0 Å². The van der Waals surface area contributed by atoms with Crippen LogP contribution in [0.25, 0.3) is 11.5 Å². The lowest BCUT2D eigenvalue weighted by atomic mass is 10.2. The smallest absolute Gasteiger partial charge is 0.374 e. The molecule has 2 aromatic rings. The topological polar surface area (TPSA) is 110 Å². The summed E-state index contributed by atoms with van der Waals surface area (Å²) in [5.74, 6) is -5.00. The molecule has 1 aromatic heterocycles. The number of carbonyl (C=O) groups is 2. The predicted octanol–water partition coefficient (Wildman–Crippen LogP) is 1.89. The van der Waals surface area contributed by atoms with Crippen LogP contribution in [0.15, 0.2) is 22.6 Å². The Bertz CT molecular complexity index is 662. The first-order valence-electron chi connectivity index (χ1n) is 5.25. The van der Waals surface area contributed by atoms with Gasteiger partial charge in [-0.25, -0.2) is 19.0 Å². The largest absolute Gasteiger partial charge is 0.497 e. The number of aromatic nitrogens is 1. The second-order valence-electron chi connectivity index (χ2n) is 3.65. The van der Waals surface area contributed by atoms with E-state index in [0.29, 0.717) is 0 Å². The van der Waals surface area contributed by atoms with Gasteiger partial charge in [-0.15, -0.1) is 0 Å². The molecule has 1 aromatic carbocycles. The molecule has 0 bridgehead atoms. The van der Waals surface area contributed by atoms with Crippen LogP contribution in [0.4, 0.5) is 4.39 Å². The molecule has 0 aliphatic heterocycles. The van der Waals surface area contributed by atoms with Gasteiger partial charge >= 0.3 is 11.9 Å². The molecule has 0 saturated carbocycles. The second kappa shape index (κ2) is 5.00. The van der Waals surface area contributed by atoms with Crippen molar-refractivity contribution < 1.29 is 33.3 Å². The summed E-state index contributed by atoms with van der Waals surface area (Å²) >= 11 is 0. The Morgan fingerprint density at radius 1 is 1.30 bits per heavy atom. The van der Waals surface area contributed by atoms with E-state index in [1.165, 1.54) is 19.2 Å². The minimum absolute atomic E-state index is 0.166. The zero-order valence-electron chi connectivity index (χ0n) is 10.1. The van der Waals surface area contributed by atoms with E-state index in [0.717, 1.165) is 6.07 Å². The first-order valence-corrected chi connectivity index (χ1v) is 5.25. The van der Waals surface area contributed by atoms with Crippen molar-refractivity contribution in [3.63, 3.8) is 0 Å². The molecule has 0 atom stereocenters. The summed E-state index contributed by atoms with van der Waals surface area (Å²) in [5, 5.41) is 17.6. The number of aromatic carboxylic acids is 2. The van der Waals surface area contributed by atoms with Crippen LogP contribution >= 0.6 is 0 Å². The molecular formula is C12H8FNO6. The summed E-state index contributed by atoms with van der Waals surface area (Å²) in [6.45, 7) is 0. The fraction of sp³-hybridized carbons (Fsp3) is 0.0833. The van der Waals surface area contributed by atoms with Gasteiger partial charge in [0.05, 0.1) is 12.7 Å². The number of methoxy groups -OCH3 is 1. The Morgan fingerprint density at radius 3 is 2.45 bits per heavy atom. The Morgan fingerprint density at radius 2 is 2.00 bits per heavy atom. The molecule has 0 unspecified atom stereocenters. The minimum atomic E-state index is -1.60. The average Bonchev–Trinajstić information content (AvgIpc) is 2.83. The normalized spacial score (nSPS) is 10.3. The van der Waals surface area contributed by atoms with E-state index in [9.17, 15) is 14.0 Å². The van der Waals surface area contributed by atoms with E-state index in [2.05, 4.69) is 4.98 Å². The molecule has 0 spiro atoms. The molecule has 0 amide bonds. The molecule has 0 radical (unpaired) electrons. The summed E-state index contributed by atoms with van der Waals surface area (Å²) in [6.07, 6.45) is 0. The molecule has 0 aliphatic carbocycles. The maximum atomic E-state index is 13.8. The van der Waals surface area contributed by atoms with E-state index in [1.54, 1.807) is 0 Å². The Hall–Kier alpha value is -2.90. The monoisotopic (exact) mass is 281 g/mol. The standard InChI is InChI=1S/C12H8FNO6/c1-19-5-2-3-6(7(13)4-5)10-14-8(11(15)16)9(20-10)12(17)18/h2-4H,1H3,(H,15,16)(H,17,18). The highest BCUT2D eigenvalue weighted by atomic mass is 19.1. The summed E-state index contributed by atoms with van der Waals surface area (Å²) in [7, 11) is 1.35. The van der Waals surface area contributed by atoms with Crippen molar-refractivity contribution in [2.75, 3.05) is 7.11 Å². The lowest BCUT2D eigenvalue weighted by molar-refractivity contribution is 0.0624. The number of carboxylic acid groups (broad SMARTS) is 2. The zero-order chi connectivity index (χ0) is 14.9. The lowest BCUT2D eigenvalue weighted by Crippen LogP contribution is -2.05. The molecule has 104 valence electrons. The van der Waals surface area contributed by atoms with Gasteiger partial charge in [0.25, 0.3) is 0 Å². The molecule has 1 heterocycles. The van der Waals surface area contributed by atoms with Crippen LogP contribution in [-0.2, 0) is 0 Å². The maximum absolute atomic E-state index is 13.8. The van der Waals surface area contributed by atoms with E-state index in [1.807, 2.05) is 0 Å². The SMILES string of the molecule is COc1ccc(-c2nc(C(=O)O)c(C(=O)O)o2)c(F)c1. The van der Waals surface area contributed by atoms with Gasteiger partial charge in [0.15, 0.2) is 0 Å². The van der Waals surface area contributed by atoms with Crippen molar-refractivity contribution in [1.29, 1.82) is 0 Å². The van der Waals surface area contributed by atoms with Crippen LogP contribution in [0.1, 0.15) is 21.0 Å². The van der Waals surface area contributed by atoms with Crippen molar-refractivity contribution in [3.05, 3.63) is 35.5 Å². The van der Waals surface area contributed by atoms with E-state index >= 15 is 0 Å². The highest BCUT2D eigenvalue weighted by Crippen LogP contribution is 2.27. The molecule has 2 N–H and O–H groups in total. The molecule has 7 nitrogen and oxygen atoms in total. The van der Waals surface area contributed by atoms with Crippen LogP contribution in [0, 0.1) is 5.82 Å². The third-order valence-corrected chi connectivity index (χ3v) is 2.43. The van der Waals surface area contributed by atoms with Crippen molar-refractivity contribution in [2.24, 2.45) is 0 Å². The number of hydrogen-bond acceptors (Lipinski definition) is 5. The van der Waals surface area contributed by atoms with Gasteiger partial charge < -0.3 is 19.4 Å². The highest BCUT2D eigenvalue weighted by Gasteiger charge is 2.26. The number of oxazole rings is 1. The molecule has 8 heteroatoms. The lowest BCUT2D eigenvalue weighted by Gasteiger charge is -2.01. The first kappa shape index (κ1) is 13.5. The van der Waals surface area contributed by atoms with Gasteiger partial charge in [0.2, 0.25) is 17.3 Å². The molecule has 20 heavy (non-hydrogen) atoms. The number of carboxylic acids is 2. The second-order valence-corrected chi connectivity index (χ2v) is 3.65. The molecule has 0 aliphatic rings. The maximum Gasteiger partial charge on any atom is 0.374 e. The Kier molecular flexibility index (Phi) is 3.38. The molecule has 0 fully saturated rings. The van der Waals surface area contributed by atoms with Gasteiger partial charge in [-0.3, -0.25) is 0 Å². The minimum Gasteiger partial charge on any atom is -0.497 e. The molecular weight excluding hydrogens is 273 g/mol. The van der Waals surface area contributed by atoms with Crippen molar-refractivity contribution in [3.8, 4) is 17.2 Å². The fourth-order valence-corrected chi connectivity index (χ4v) is 1.52. The third-order valence-electron chi connectivity index (χ3n) is 2.43. The van der Waals surface area contributed by atoms with Gasteiger partial charge in [-0.05, 0) is 12.1 Å². The number of ether oxygens (including phenoxy) is 1. The predicted molar refractivity (Wildman–Crippen MR) is 62.4 cm³/mol. The van der Waals surface area contributed by atoms with Crippen molar-refractivity contribution in [1.82, 2.24) is 4.98 Å². The Balaban J connectivity index is 2.56. The van der Waals surface area contributed by atoms with Crippen LogP contribution < -0.4 is 4.74 Å². The van der Waals surface area contributed by atoms with Crippen LogP contribution in [0.3, 0.4) is 0 Å². The highest BCUT2D eigenvalue weighted by molar-refractivity contribution is 5.98. The summed E-state index contributed by atoms with van der Waals surface area (Å²) in [6, 6.07) is 3.70. The number of halogens is 1. The molecule has 0 saturated heterocycles. The van der Waals surface area contributed by atoms with E-state index in [-0.39, 0.29) is 11.3 Å². The van der Waals surface area contributed by atoms with E-state index in [4.69, 9.17) is 19.4 Å². The number of nitrogens with zero attached hydrogens (tertiary/aromatic N) is 1. The van der Waals surface area contributed by atoms with Gasteiger partial charge in [-0.2, -0.15) is 0 Å². The van der Waals surface area contributed by atoms with Crippen LogP contribution in [0.5, 0.6) is 5.75 Å². The third kappa shape index (κ3) is 2.30. The average molecular weight is 281 g/mol. The van der Waals surface area contributed by atoms with E-state index < -0.39 is 35.1 Å². The number of benzene rings is 1. The van der Waals surface area contributed by atoms with Crippen LogP contribution in [-0.4, -0.2) is 34.2 Å². The van der Waals surface area contributed by atoms with Gasteiger partial charge in [0, 0.05) is 6.07 Å². The summed E-state index contributed by atoms with van der Waals surface area (Å²) < 4.78 is 23.4. The first-order chi connectivity index (χ1) is 9.43. The van der Waals surface area contributed by atoms with Gasteiger partial charge in [0.1, 0.15) is 11.6 Å². The number of rotatable bonds is 4. The quantitative estimate of drug-likeness (QED) is 0.880. The van der Waals surface area contributed by atoms with Gasteiger partial charge in [-0.1, -0.05) is 0 Å². The van der Waals surface area contributed by atoms with Crippen molar-refractivity contribution in [2.45, 2.75) is 0 Å². The number of hydrogen-bond donors (Lipinski definition) is 2. The molecule has 2 rings (SSSR count). The zero-order valence-corrected chi connectivity index (χ0v) is 10.1. The fourth-order valence-electron chi connectivity index (χ4n) is 1.52. The summed E-state index contributed by atoms with van der Waals surface area (Å²) in [4.78, 5) is 25.2.